The van der Waals surface area contributed by atoms with Crippen molar-refractivity contribution in [3.63, 3.8) is 0 Å². The van der Waals surface area contributed by atoms with Crippen LogP contribution in [0.25, 0.3) is 0 Å². The highest BCUT2D eigenvalue weighted by molar-refractivity contribution is 5.74. The number of benzene rings is 1. The lowest BCUT2D eigenvalue weighted by Gasteiger charge is -2.09. The number of methoxy groups -OCH3 is 1. The molecular formula is C12H14O3. The number of hydrogen-bond acceptors (Lipinski definition) is 3. The summed E-state index contributed by atoms with van der Waals surface area (Å²) in [6, 6.07) is 7.79. The predicted molar refractivity (Wildman–Crippen MR) is 55.8 cm³/mol. The number of cyclic esters (lactones) is 1. The summed E-state index contributed by atoms with van der Waals surface area (Å²) in [5.74, 6) is 0.763. The van der Waals surface area contributed by atoms with Crippen LogP contribution in [-0.4, -0.2) is 19.7 Å². The zero-order valence-electron chi connectivity index (χ0n) is 8.73. The first-order valence-corrected chi connectivity index (χ1v) is 5.10. The molecule has 0 bridgehead atoms. The number of rotatable bonds is 3. The van der Waals surface area contributed by atoms with Crippen LogP contribution in [0.3, 0.4) is 0 Å². The second-order valence-corrected chi connectivity index (χ2v) is 3.67. The Kier molecular flexibility index (Phi) is 2.90. The first-order valence-electron chi connectivity index (χ1n) is 5.10. The molecule has 3 heteroatoms. The van der Waals surface area contributed by atoms with Crippen LogP contribution in [-0.2, 0) is 16.0 Å². The van der Waals surface area contributed by atoms with Crippen molar-refractivity contribution in [1.29, 1.82) is 0 Å². The molecule has 80 valence electrons. The van der Waals surface area contributed by atoms with Gasteiger partial charge in [-0.15, -0.1) is 0 Å². The third-order valence-corrected chi connectivity index (χ3v) is 2.70. The molecule has 1 unspecified atom stereocenters. The summed E-state index contributed by atoms with van der Waals surface area (Å²) in [5, 5.41) is 0. The number of carbonyl (C=O) groups excluding carboxylic acids is 1. The molecule has 1 aliphatic heterocycles. The monoisotopic (exact) mass is 206 g/mol. The van der Waals surface area contributed by atoms with E-state index in [9.17, 15) is 4.79 Å². The Morgan fingerprint density at radius 3 is 2.93 bits per heavy atom. The van der Waals surface area contributed by atoms with E-state index in [4.69, 9.17) is 9.47 Å². The molecule has 1 fully saturated rings. The molecule has 15 heavy (non-hydrogen) atoms. The lowest BCUT2D eigenvalue weighted by atomic mass is 9.97. The average Bonchev–Trinajstić information content (AvgIpc) is 2.65. The van der Waals surface area contributed by atoms with Crippen LogP contribution in [0, 0.1) is 5.92 Å². The fraction of sp³-hybridized carbons (Fsp3) is 0.417. The standard InChI is InChI=1S/C12H14O3/c1-14-11-5-3-2-4-9(11)8-10-6-7-15-12(10)13/h2-5,10H,6-8H2,1H3. The number of esters is 1. The molecule has 0 aromatic heterocycles. The molecule has 1 heterocycles. The van der Waals surface area contributed by atoms with Crippen molar-refractivity contribution in [1.82, 2.24) is 0 Å². The van der Waals surface area contributed by atoms with Crippen LogP contribution < -0.4 is 4.74 Å². The lowest BCUT2D eigenvalue weighted by molar-refractivity contribution is -0.141. The summed E-state index contributed by atoms with van der Waals surface area (Å²) in [6.07, 6.45) is 1.53. The van der Waals surface area contributed by atoms with Gasteiger partial charge < -0.3 is 9.47 Å². The average molecular weight is 206 g/mol. The van der Waals surface area contributed by atoms with Gasteiger partial charge in [0.1, 0.15) is 5.75 Å². The Labute approximate surface area is 89.0 Å². The quantitative estimate of drug-likeness (QED) is 0.707. The molecule has 1 aromatic carbocycles. The SMILES string of the molecule is COc1ccccc1CC1CCOC1=O. The molecule has 0 spiro atoms. The van der Waals surface area contributed by atoms with Crippen molar-refractivity contribution in [3.8, 4) is 5.75 Å². The molecule has 0 radical (unpaired) electrons. The first kappa shape index (κ1) is 10.0. The lowest BCUT2D eigenvalue weighted by Crippen LogP contribution is -2.11. The molecule has 0 N–H and O–H groups in total. The van der Waals surface area contributed by atoms with Crippen LogP contribution >= 0.6 is 0 Å². The van der Waals surface area contributed by atoms with Gasteiger partial charge in [-0.1, -0.05) is 18.2 Å². The Morgan fingerprint density at radius 1 is 1.47 bits per heavy atom. The maximum atomic E-state index is 11.3. The molecule has 1 aromatic rings. The minimum Gasteiger partial charge on any atom is -0.496 e. The second-order valence-electron chi connectivity index (χ2n) is 3.67. The van der Waals surface area contributed by atoms with Crippen molar-refractivity contribution < 1.29 is 14.3 Å². The molecule has 0 aliphatic carbocycles. The highest BCUT2D eigenvalue weighted by Gasteiger charge is 2.27. The van der Waals surface area contributed by atoms with Gasteiger partial charge in [-0.05, 0) is 24.5 Å². The van der Waals surface area contributed by atoms with E-state index >= 15 is 0 Å². The van der Waals surface area contributed by atoms with Gasteiger partial charge in [0.15, 0.2) is 0 Å². The Hall–Kier alpha value is -1.51. The van der Waals surface area contributed by atoms with Crippen molar-refractivity contribution >= 4 is 5.97 Å². The number of para-hydroxylation sites is 1. The summed E-state index contributed by atoms with van der Waals surface area (Å²) >= 11 is 0. The zero-order valence-corrected chi connectivity index (χ0v) is 8.73. The number of hydrogen-bond donors (Lipinski definition) is 0. The third kappa shape index (κ3) is 2.12. The molecule has 1 saturated heterocycles. The molecule has 0 amide bonds. The van der Waals surface area contributed by atoms with Gasteiger partial charge >= 0.3 is 5.97 Å². The molecule has 0 saturated carbocycles. The van der Waals surface area contributed by atoms with E-state index in [1.54, 1.807) is 7.11 Å². The van der Waals surface area contributed by atoms with Crippen molar-refractivity contribution in [3.05, 3.63) is 29.8 Å². The van der Waals surface area contributed by atoms with E-state index in [0.29, 0.717) is 13.0 Å². The largest absolute Gasteiger partial charge is 0.496 e. The van der Waals surface area contributed by atoms with E-state index in [1.807, 2.05) is 24.3 Å². The smallest absolute Gasteiger partial charge is 0.309 e. The number of carbonyl (C=O) groups is 1. The van der Waals surface area contributed by atoms with Crippen molar-refractivity contribution in [2.75, 3.05) is 13.7 Å². The van der Waals surface area contributed by atoms with Crippen LogP contribution in [0.1, 0.15) is 12.0 Å². The van der Waals surface area contributed by atoms with Gasteiger partial charge in [-0.2, -0.15) is 0 Å². The molecule has 1 aliphatic rings. The molecule has 2 rings (SSSR count). The summed E-state index contributed by atoms with van der Waals surface area (Å²) in [5.41, 5.74) is 1.07. The maximum absolute atomic E-state index is 11.3. The Balaban J connectivity index is 2.12. The zero-order chi connectivity index (χ0) is 10.7. The van der Waals surface area contributed by atoms with Crippen molar-refractivity contribution in [2.45, 2.75) is 12.8 Å². The third-order valence-electron chi connectivity index (χ3n) is 2.70. The summed E-state index contributed by atoms with van der Waals surface area (Å²) in [6.45, 7) is 0.554. The number of ether oxygens (including phenoxy) is 2. The van der Waals surface area contributed by atoms with E-state index in [2.05, 4.69) is 0 Å². The van der Waals surface area contributed by atoms with Gasteiger partial charge in [0.25, 0.3) is 0 Å². The predicted octanol–water partition coefficient (Wildman–Crippen LogP) is 1.80. The highest BCUT2D eigenvalue weighted by Crippen LogP contribution is 2.25. The second kappa shape index (κ2) is 4.34. The minimum atomic E-state index is -0.0825. The molecular weight excluding hydrogens is 192 g/mol. The Morgan fingerprint density at radius 2 is 2.27 bits per heavy atom. The van der Waals surface area contributed by atoms with Crippen LogP contribution in [0.15, 0.2) is 24.3 Å². The van der Waals surface area contributed by atoms with E-state index < -0.39 is 0 Å². The normalized spacial score (nSPS) is 20.1. The fourth-order valence-corrected chi connectivity index (χ4v) is 1.86. The van der Waals surface area contributed by atoms with Crippen LogP contribution in [0.5, 0.6) is 5.75 Å². The van der Waals surface area contributed by atoms with E-state index in [-0.39, 0.29) is 11.9 Å². The summed E-state index contributed by atoms with van der Waals surface area (Å²) < 4.78 is 10.2. The first-order chi connectivity index (χ1) is 7.31. The maximum Gasteiger partial charge on any atom is 0.309 e. The van der Waals surface area contributed by atoms with Gasteiger partial charge in [0.05, 0.1) is 19.6 Å². The highest BCUT2D eigenvalue weighted by atomic mass is 16.5. The minimum absolute atomic E-state index is 0.00120. The van der Waals surface area contributed by atoms with Gasteiger partial charge in [0, 0.05) is 0 Å². The van der Waals surface area contributed by atoms with Gasteiger partial charge in [0.2, 0.25) is 0 Å². The van der Waals surface area contributed by atoms with Crippen LogP contribution in [0.4, 0.5) is 0 Å². The Bertz CT molecular complexity index is 360. The van der Waals surface area contributed by atoms with E-state index in [0.717, 1.165) is 17.7 Å². The fourth-order valence-electron chi connectivity index (χ4n) is 1.86. The summed E-state index contributed by atoms with van der Waals surface area (Å²) in [7, 11) is 1.64. The van der Waals surface area contributed by atoms with Gasteiger partial charge in [-0.3, -0.25) is 4.79 Å². The van der Waals surface area contributed by atoms with Crippen LogP contribution in [0.2, 0.25) is 0 Å². The molecule has 1 atom stereocenters. The topological polar surface area (TPSA) is 35.5 Å². The molecule has 3 nitrogen and oxygen atoms in total. The van der Waals surface area contributed by atoms with E-state index in [1.165, 1.54) is 0 Å². The van der Waals surface area contributed by atoms with Crippen molar-refractivity contribution in [2.24, 2.45) is 5.92 Å². The van der Waals surface area contributed by atoms with Gasteiger partial charge in [-0.25, -0.2) is 0 Å². The summed E-state index contributed by atoms with van der Waals surface area (Å²) in [4.78, 5) is 11.3.